The van der Waals surface area contributed by atoms with Gasteiger partial charge in [-0.1, -0.05) is 0 Å². The molecule has 2 amide bonds. The predicted molar refractivity (Wildman–Crippen MR) is 64.4 cm³/mol. The van der Waals surface area contributed by atoms with Crippen LogP contribution in [-0.2, 0) is 9.53 Å². The maximum Gasteiger partial charge on any atom is 0.326 e. The van der Waals surface area contributed by atoms with E-state index in [0.717, 1.165) is 25.9 Å². The molecule has 0 aromatic heterocycles. The van der Waals surface area contributed by atoms with Crippen LogP contribution in [-0.4, -0.2) is 53.3 Å². The van der Waals surface area contributed by atoms with Crippen LogP contribution < -0.4 is 5.32 Å². The molecule has 2 heterocycles. The van der Waals surface area contributed by atoms with E-state index in [-0.39, 0.29) is 11.6 Å². The van der Waals surface area contributed by atoms with Gasteiger partial charge in [0.1, 0.15) is 6.04 Å². The molecular weight excluding hydrogens is 236 g/mol. The first-order chi connectivity index (χ1) is 8.52. The summed E-state index contributed by atoms with van der Waals surface area (Å²) in [5.74, 6) is -0.923. The molecule has 102 valence electrons. The second-order valence-corrected chi connectivity index (χ2v) is 5.34. The van der Waals surface area contributed by atoms with Crippen molar-refractivity contribution < 1.29 is 19.4 Å². The number of ether oxygens (including phenoxy) is 1. The number of carbonyl (C=O) groups is 2. The van der Waals surface area contributed by atoms with Crippen LogP contribution in [0.4, 0.5) is 4.79 Å². The van der Waals surface area contributed by atoms with E-state index in [1.165, 1.54) is 4.90 Å². The van der Waals surface area contributed by atoms with Gasteiger partial charge in [0, 0.05) is 13.2 Å². The van der Waals surface area contributed by atoms with Crippen molar-refractivity contribution in [2.45, 2.75) is 44.2 Å². The van der Waals surface area contributed by atoms with E-state index in [1.807, 2.05) is 6.92 Å². The highest BCUT2D eigenvalue weighted by molar-refractivity contribution is 5.83. The van der Waals surface area contributed by atoms with Crippen molar-refractivity contribution in [2.75, 3.05) is 19.8 Å². The van der Waals surface area contributed by atoms with Gasteiger partial charge in [0.2, 0.25) is 0 Å². The lowest BCUT2D eigenvalue weighted by atomic mass is 9.95. The van der Waals surface area contributed by atoms with Crippen molar-refractivity contribution >= 4 is 12.0 Å². The Morgan fingerprint density at radius 2 is 2.22 bits per heavy atom. The second kappa shape index (κ2) is 5.14. The number of hydrogen-bond donors (Lipinski definition) is 2. The van der Waals surface area contributed by atoms with Crippen LogP contribution in [0.5, 0.6) is 0 Å². The molecule has 0 radical (unpaired) electrons. The number of hydrogen-bond acceptors (Lipinski definition) is 3. The first kappa shape index (κ1) is 13.1. The molecule has 0 aromatic rings. The molecule has 0 spiro atoms. The van der Waals surface area contributed by atoms with Crippen molar-refractivity contribution in [2.24, 2.45) is 0 Å². The zero-order chi connectivity index (χ0) is 13.2. The normalized spacial score (nSPS) is 32.3. The zero-order valence-electron chi connectivity index (χ0n) is 10.6. The van der Waals surface area contributed by atoms with Crippen molar-refractivity contribution in [1.29, 1.82) is 0 Å². The number of carboxylic acid groups (broad SMARTS) is 1. The molecule has 2 N–H and O–H groups in total. The number of amides is 2. The Kier molecular flexibility index (Phi) is 3.75. The summed E-state index contributed by atoms with van der Waals surface area (Å²) in [6.07, 6.45) is 3.07. The quantitative estimate of drug-likeness (QED) is 0.766. The van der Waals surface area contributed by atoms with Crippen LogP contribution in [0, 0.1) is 0 Å². The van der Waals surface area contributed by atoms with Crippen LogP contribution in [0.2, 0.25) is 0 Å². The van der Waals surface area contributed by atoms with E-state index < -0.39 is 12.0 Å². The number of nitrogens with zero attached hydrogens (tertiary/aromatic N) is 1. The predicted octanol–water partition coefficient (Wildman–Crippen LogP) is 0.814. The van der Waals surface area contributed by atoms with Gasteiger partial charge in [0.05, 0.1) is 12.1 Å². The molecule has 6 nitrogen and oxygen atoms in total. The number of rotatable bonds is 2. The Morgan fingerprint density at radius 3 is 2.83 bits per heavy atom. The second-order valence-electron chi connectivity index (χ2n) is 5.34. The van der Waals surface area contributed by atoms with Gasteiger partial charge in [-0.25, -0.2) is 9.59 Å². The molecule has 18 heavy (non-hydrogen) atoms. The van der Waals surface area contributed by atoms with Gasteiger partial charge >= 0.3 is 12.0 Å². The smallest absolute Gasteiger partial charge is 0.326 e. The number of likely N-dealkylation sites (tertiary alicyclic amines) is 1. The Morgan fingerprint density at radius 1 is 1.44 bits per heavy atom. The Bertz CT molecular complexity index is 339. The van der Waals surface area contributed by atoms with Crippen LogP contribution in [0.25, 0.3) is 0 Å². The van der Waals surface area contributed by atoms with Gasteiger partial charge in [0.15, 0.2) is 0 Å². The molecule has 2 rings (SSSR count). The van der Waals surface area contributed by atoms with Crippen LogP contribution in [0.15, 0.2) is 0 Å². The van der Waals surface area contributed by atoms with Gasteiger partial charge in [0.25, 0.3) is 0 Å². The molecule has 0 aliphatic carbocycles. The van der Waals surface area contributed by atoms with Crippen LogP contribution >= 0.6 is 0 Å². The molecule has 0 saturated carbocycles. The molecule has 2 atom stereocenters. The lowest BCUT2D eigenvalue weighted by Crippen LogP contribution is -2.57. The van der Waals surface area contributed by atoms with Crippen molar-refractivity contribution in [3.63, 3.8) is 0 Å². The highest BCUT2D eigenvalue weighted by atomic mass is 16.5. The number of urea groups is 1. The van der Waals surface area contributed by atoms with Gasteiger partial charge in [-0.2, -0.15) is 0 Å². The van der Waals surface area contributed by atoms with E-state index in [2.05, 4.69) is 5.32 Å². The summed E-state index contributed by atoms with van der Waals surface area (Å²) in [5.41, 5.74) is -0.374. The minimum absolute atomic E-state index is 0.284. The van der Waals surface area contributed by atoms with E-state index in [0.29, 0.717) is 19.6 Å². The minimum atomic E-state index is -0.923. The first-order valence-corrected chi connectivity index (χ1v) is 6.41. The Hall–Kier alpha value is -1.30. The topological polar surface area (TPSA) is 78.9 Å². The average molecular weight is 256 g/mol. The number of aliphatic carboxylic acids is 1. The zero-order valence-corrected chi connectivity index (χ0v) is 10.6. The highest BCUT2D eigenvalue weighted by Gasteiger charge is 2.37. The van der Waals surface area contributed by atoms with E-state index in [9.17, 15) is 9.59 Å². The summed E-state index contributed by atoms with van der Waals surface area (Å²) in [4.78, 5) is 24.6. The molecule has 6 heteroatoms. The average Bonchev–Trinajstić information content (AvgIpc) is 2.78. The first-order valence-electron chi connectivity index (χ1n) is 6.41. The summed E-state index contributed by atoms with van der Waals surface area (Å²) < 4.78 is 5.37. The maximum absolute atomic E-state index is 12.1. The fourth-order valence-electron chi connectivity index (χ4n) is 2.63. The van der Waals surface area contributed by atoms with Crippen molar-refractivity contribution in [1.82, 2.24) is 10.2 Å². The maximum atomic E-state index is 12.1. The van der Waals surface area contributed by atoms with E-state index >= 15 is 0 Å². The Labute approximate surface area is 106 Å². The lowest BCUT2D eigenvalue weighted by Gasteiger charge is -2.36. The summed E-state index contributed by atoms with van der Waals surface area (Å²) >= 11 is 0. The SMILES string of the molecule is CC1(NC(=O)N2CCCC2C(=O)O)CCCOC1. The summed E-state index contributed by atoms with van der Waals surface area (Å²) in [7, 11) is 0. The van der Waals surface area contributed by atoms with Crippen LogP contribution in [0.1, 0.15) is 32.6 Å². The molecule has 2 fully saturated rings. The van der Waals surface area contributed by atoms with Gasteiger partial charge < -0.3 is 20.1 Å². The van der Waals surface area contributed by atoms with Crippen molar-refractivity contribution in [3.05, 3.63) is 0 Å². The fourth-order valence-corrected chi connectivity index (χ4v) is 2.63. The highest BCUT2D eigenvalue weighted by Crippen LogP contribution is 2.21. The van der Waals surface area contributed by atoms with Gasteiger partial charge in [-0.15, -0.1) is 0 Å². The van der Waals surface area contributed by atoms with Gasteiger partial charge in [-0.3, -0.25) is 0 Å². The lowest BCUT2D eigenvalue weighted by molar-refractivity contribution is -0.141. The monoisotopic (exact) mass is 256 g/mol. The van der Waals surface area contributed by atoms with Gasteiger partial charge in [-0.05, 0) is 32.6 Å². The standard InChI is InChI=1S/C12H20N2O4/c1-12(5-3-7-18-8-12)13-11(17)14-6-2-4-9(14)10(15)16/h9H,2-8H2,1H3,(H,13,17)(H,15,16). The van der Waals surface area contributed by atoms with Crippen molar-refractivity contribution in [3.8, 4) is 0 Å². The molecule has 0 aromatic carbocycles. The third kappa shape index (κ3) is 2.75. The van der Waals surface area contributed by atoms with E-state index in [4.69, 9.17) is 9.84 Å². The molecular formula is C12H20N2O4. The summed E-state index contributed by atoms with van der Waals surface area (Å²) in [6.45, 7) is 3.67. The number of nitrogens with one attached hydrogen (secondary N) is 1. The van der Waals surface area contributed by atoms with E-state index in [1.54, 1.807) is 0 Å². The largest absolute Gasteiger partial charge is 0.480 e. The minimum Gasteiger partial charge on any atom is -0.480 e. The summed E-state index contributed by atoms with van der Waals surface area (Å²) in [5, 5.41) is 12.0. The third-order valence-electron chi connectivity index (χ3n) is 3.65. The molecule has 2 saturated heterocycles. The molecule has 2 aliphatic rings. The molecule has 2 unspecified atom stereocenters. The fraction of sp³-hybridized carbons (Fsp3) is 0.833. The van der Waals surface area contributed by atoms with Crippen LogP contribution in [0.3, 0.4) is 0 Å². The number of carbonyl (C=O) groups excluding carboxylic acids is 1. The number of carboxylic acids is 1. The molecule has 2 aliphatic heterocycles. The Balaban J connectivity index is 1.96. The third-order valence-corrected chi connectivity index (χ3v) is 3.65. The summed E-state index contributed by atoms with van der Waals surface area (Å²) in [6, 6.07) is -0.967. The molecule has 0 bridgehead atoms.